The van der Waals surface area contributed by atoms with Gasteiger partial charge in [-0.3, -0.25) is 4.98 Å². The summed E-state index contributed by atoms with van der Waals surface area (Å²) in [7, 11) is -3.10. The van der Waals surface area contributed by atoms with Gasteiger partial charge in [-0.25, -0.2) is 12.8 Å². The molecule has 7 heteroatoms. The van der Waals surface area contributed by atoms with Crippen LogP contribution in [-0.4, -0.2) is 32.0 Å². The topological polar surface area (TPSA) is 85.1 Å². The molecule has 0 bridgehead atoms. The molecule has 0 amide bonds. The van der Waals surface area contributed by atoms with Crippen LogP contribution in [0.25, 0.3) is 10.9 Å². The van der Waals surface area contributed by atoms with E-state index in [2.05, 4.69) is 10.3 Å². The number of hydrogen-bond donors (Lipinski definition) is 2. The lowest BCUT2D eigenvalue weighted by molar-refractivity contribution is 0.601. The van der Waals surface area contributed by atoms with Crippen molar-refractivity contribution in [3.05, 3.63) is 30.2 Å². The Kier molecular flexibility index (Phi) is 3.57. The van der Waals surface area contributed by atoms with E-state index in [9.17, 15) is 12.8 Å². The second-order valence-electron chi connectivity index (χ2n) is 4.28. The zero-order valence-corrected chi connectivity index (χ0v) is 11.2. The zero-order chi connectivity index (χ0) is 14.0. The third-order valence-electron chi connectivity index (χ3n) is 2.65. The lowest BCUT2D eigenvalue weighted by atomic mass is 10.1. The number of hydrogen-bond acceptors (Lipinski definition) is 5. The van der Waals surface area contributed by atoms with Crippen molar-refractivity contribution < 1.29 is 12.8 Å². The Bertz CT molecular complexity index is 716. The van der Waals surface area contributed by atoms with E-state index in [1.807, 2.05) is 0 Å². The molecule has 1 heterocycles. The van der Waals surface area contributed by atoms with Crippen LogP contribution in [0.3, 0.4) is 0 Å². The summed E-state index contributed by atoms with van der Waals surface area (Å²) in [6.07, 6.45) is 2.66. The summed E-state index contributed by atoms with van der Waals surface area (Å²) in [6.45, 7) is 0.116. The maximum Gasteiger partial charge on any atom is 0.150 e. The van der Waals surface area contributed by atoms with Crippen molar-refractivity contribution in [3.63, 3.8) is 0 Å². The molecule has 2 rings (SSSR count). The average Bonchev–Trinajstić information content (AvgIpc) is 2.32. The Labute approximate surface area is 110 Å². The largest absolute Gasteiger partial charge is 0.398 e. The van der Waals surface area contributed by atoms with Crippen LogP contribution in [0.2, 0.25) is 0 Å². The Hall–Kier alpha value is -1.89. The van der Waals surface area contributed by atoms with E-state index in [0.717, 1.165) is 6.26 Å². The molecule has 0 fully saturated rings. The molecule has 3 N–H and O–H groups in total. The van der Waals surface area contributed by atoms with E-state index in [0.29, 0.717) is 16.6 Å². The van der Waals surface area contributed by atoms with Crippen molar-refractivity contribution in [2.24, 2.45) is 0 Å². The second kappa shape index (κ2) is 5.00. The summed E-state index contributed by atoms with van der Waals surface area (Å²) in [5, 5.41) is 3.40. The summed E-state index contributed by atoms with van der Waals surface area (Å²) >= 11 is 0. The van der Waals surface area contributed by atoms with Gasteiger partial charge in [0.05, 0.1) is 17.0 Å². The Morgan fingerprint density at radius 2 is 2.21 bits per heavy atom. The number of halogens is 1. The molecule has 102 valence electrons. The summed E-state index contributed by atoms with van der Waals surface area (Å²) in [5.74, 6) is -0.622. The van der Waals surface area contributed by atoms with Crippen LogP contribution >= 0.6 is 0 Å². The van der Waals surface area contributed by atoms with Gasteiger partial charge in [0, 0.05) is 30.1 Å². The van der Waals surface area contributed by atoms with Crippen LogP contribution in [0.4, 0.5) is 15.8 Å². The maximum atomic E-state index is 13.9. The molecular formula is C12H14FN3O2S. The number of nitrogens with one attached hydrogen (secondary N) is 1. The highest BCUT2D eigenvalue weighted by atomic mass is 32.2. The molecule has 0 saturated heterocycles. The molecule has 0 radical (unpaired) electrons. The van der Waals surface area contributed by atoms with E-state index in [1.54, 1.807) is 12.1 Å². The number of pyridine rings is 1. The first-order valence-corrected chi connectivity index (χ1v) is 7.69. The van der Waals surface area contributed by atoms with Crippen LogP contribution in [0.5, 0.6) is 0 Å². The molecule has 19 heavy (non-hydrogen) atoms. The summed E-state index contributed by atoms with van der Waals surface area (Å²) in [6, 6.07) is 4.64. The molecule has 5 nitrogen and oxygen atoms in total. The van der Waals surface area contributed by atoms with Crippen LogP contribution in [0.1, 0.15) is 0 Å². The van der Waals surface area contributed by atoms with Gasteiger partial charge in [-0.2, -0.15) is 0 Å². The first kappa shape index (κ1) is 13.5. The SMILES string of the molecule is CS(=O)(=O)CCNc1c(F)cc(N)c2cccnc12. The summed E-state index contributed by atoms with van der Waals surface area (Å²) < 4.78 is 36.0. The molecule has 0 spiro atoms. The summed E-state index contributed by atoms with van der Waals surface area (Å²) in [4.78, 5) is 4.09. The van der Waals surface area contributed by atoms with Gasteiger partial charge >= 0.3 is 0 Å². The monoisotopic (exact) mass is 283 g/mol. The molecule has 0 aliphatic heterocycles. The van der Waals surface area contributed by atoms with E-state index >= 15 is 0 Å². The number of aromatic nitrogens is 1. The van der Waals surface area contributed by atoms with Crippen molar-refractivity contribution in [1.82, 2.24) is 4.98 Å². The van der Waals surface area contributed by atoms with Crippen LogP contribution in [0.15, 0.2) is 24.4 Å². The van der Waals surface area contributed by atoms with Crippen molar-refractivity contribution in [2.75, 3.05) is 29.6 Å². The number of benzene rings is 1. The number of rotatable bonds is 4. The zero-order valence-electron chi connectivity index (χ0n) is 10.4. The number of sulfone groups is 1. The normalized spacial score (nSPS) is 11.7. The number of fused-ring (bicyclic) bond motifs is 1. The van der Waals surface area contributed by atoms with Gasteiger partial charge in [-0.1, -0.05) is 0 Å². The van der Waals surface area contributed by atoms with E-state index in [4.69, 9.17) is 5.73 Å². The fraction of sp³-hybridized carbons (Fsp3) is 0.250. The van der Waals surface area contributed by atoms with Gasteiger partial charge in [-0.15, -0.1) is 0 Å². The average molecular weight is 283 g/mol. The van der Waals surface area contributed by atoms with Gasteiger partial charge in [0.2, 0.25) is 0 Å². The van der Waals surface area contributed by atoms with Gasteiger partial charge in [-0.05, 0) is 18.2 Å². The third-order valence-corrected chi connectivity index (χ3v) is 3.60. The summed E-state index contributed by atoms with van der Waals surface area (Å²) in [5.41, 5.74) is 6.59. The number of nitrogens with zero attached hydrogens (tertiary/aromatic N) is 1. The van der Waals surface area contributed by atoms with Crippen molar-refractivity contribution >= 4 is 32.1 Å². The quantitative estimate of drug-likeness (QED) is 0.829. The smallest absolute Gasteiger partial charge is 0.150 e. The molecule has 0 aliphatic carbocycles. The van der Waals surface area contributed by atoms with Crippen molar-refractivity contribution in [3.8, 4) is 0 Å². The minimum absolute atomic E-state index is 0.0782. The van der Waals surface area contributed by atoms with Gasteiger partial charge in [0.15, 0.2) is 5.82 Å². The Morgan fingerprint density at radius 1 is 1.47 bits per heavy atom. The standard InChI is InChI=1S/C12H14FN3O2S/c1-19(17,18)6-5-16-12-9(13)7-10(14)8-3-2-4-15-11(8)12/h2-4,7,16H,5-6,14H2,1H3. The number of anilines is 2. The molecule has 0 saturated carbocycles. The van der Waals surface area contributed by atoms with E-state index in [-0.39, 0.29) is 18.0 Å². The van der Waals surface area contributed by atoms with E-state index in [1.165, 1.54) is 12.3 Å². The van der Waals surface area contributed by atoms with E-state index < -0.39 is 15.7 Å². The number of nitrogen functional groups attached to an aromatic ring is 1. The van der Waals surface area contributed by atoms with Gasteiger partial charge in [0.25, 0.3) is 0 Å². The minimum atomic E-state index is -3.10. The Morgan fingerprint density at radius 3 is 2.89 bits per heavy atom. The highest BCUT2D eigenvalue weighted by Crippen LogP contribution is 2.29. The van der Waals surface area contributed by atoms with Gasteiger partial charge < -0.3 is 11.1 Å². The molecule has 0 atom stereocenters. The van der Waals surface area contributed by atoms with Crippen molar-refractivity contribution in [2.45, 2.75) is 0 Å². The predicted octanol–water partition coefficient (Wildman–Crippen LogP) is 1.41. The van der Waals surface area contributed by atoms with Crippen LogP contribution in [-0.2, 0) is 9.84 Å². The lowest BCUT2D eigenvalue weighted by Crippen LogP contribution is -2.15. The second-order valence-corrected chi connectivity index (χ2v) is 6.54. The minimum Gasteiger partial charge on any atom is -0.398 e. The highest BCUT2D eigenvalue weighted by molar-refractivity contribution is 7.90. The first-order chi connectivity index (χ1) is 8.88. The molecule has 1 aromatic heterocycles. The third kappa shape index (κ3) is 3.11. The van der Waals surface area contributed by atoms with Crippen LogP contribution < -0.4 is 11.1 Å². The fourth-order valence-corrected chi connectivity index (χ4v) is 2.24. The molecular weight excluding hydrogens is 269 g/mol. The fourth-order valence-electron chi connectivity index (χ4n) is 1.77. The predicted molar refractivity (Wildman–Crippen MR) is 74.3 cm³/mol. The van der Waals surface area contributed by atoms with Gasteiger partial charge in [0.1, 0.15) is 9.84 Å². The highest BCUT2D eigenvalue weighted by Gasteiger charge is 2.12. The lowest BCUT2D eigenvalue weighted by Gasteiger charge is -2.11. The van der Waals surface area contributed by atoms with Crippen molar-refractivity contribution in [1.29, 1.82) is 0 Å². The van der Waals surface area contributed by atoms with Crippen LogP contribution in [0, 0.1) is 5.82 Å². The Balaban J connectivity index is 2.37. The number of nitrogens with two attached hydrogens (primary N) is 1. The molecule has 2 aromatic rings. The molecule has 0 unspecified atom stereocenters. The maximum absolute atomic E-state index is 13.9. The molecule has 0 aliphatic rings. The molecule has 1 aromatic carbocycles. The first-order valence-electron chi connectivity index (χ1n) is 5.63.